The number of nitrogens with two attached hydrogens (primary N) is 1. The van der Waals surface area contributed by atoms with Crippen LogP contribution in [0, 0.1) is 11.8 Å². The molecule has 4 heteroatoms. The molecule has 2 aliphatic carbocycles. The molecule has 0 aromatic rings. The van der Waals surface area contributed by atoms with E-state index in [9.17, 15) is 4.79 Å². The average molecular weight is 301 g/mol. The Hall–Kier alpha value is -0.280. The topological polar surface area (TPSA) is 46.3 Å². The van der Waals surface area contributed by atoms with Crippen molar-refractivity contribution in [1.29, 1.82) is 0 Å². The van der Waals surface area contributed by atoms with Gasteiger partial charge in [0.25, 0.3) is 0 Å². The summed E-state index contributed by atoms with van der Waals surface area (Å²) in [7, 11) is 0. The van der Waals surface area contributed by atoms with Gasteiger partial charge in [0.05, 0.1) is 0 Å². The highest BCUT2D eigenvalue weighted by Crippen LogP contribution is 2.37. The van der Waals surface area contributed by atoms with Crippen molar-refractivity contribution >= 4 is 18.3 Å². The van der Waals surface area contributed by atoms with Crippen molar-refractivity contribution in [2.75, 3.05) is 6.54 Å². The Kier molecular flexibility index (Phi) is 5.74. The molecule has 0 aromatic carbocycles. The zero-order valence-electron chi connectivity index (χ0n) is 12.4. The van der Waals surface area contributed by atoms with E-state index in [1.54, 1.807) is 0 Å². The maximum absolute atomic E-state index is 12.8. The number of likely N-dealkylation sites (tertiary alicyclic amines) is 1. The number of hydrogen-bond donors (Lipinski definition) is 1. The largest absolute Gasteiger partial charge is 0.339 e. The van der Waals surface area contributed by atoms with Crippen LogP contribution in [0.4, 0.5) is 0 Å². The van der Waals surface area contributed by atoms with Crippen molar-refractivity contribution in [3.8, 4) is 0 Å². The molecule has 3 fully saturated rings. The van der Waals surface area contributed by atoms with Gasteiger partial charge in [-0.25, -0.2) is 0 Å². The monoisotopic (exact) mass is 300 g/mol. The Bertz CT molecular complexity index is 334. The number of carbonyl (C=O) groups excluding carboxylic acids is 1. The molecule has 3 rings (SSSR count). The summed E-state index contributed by atoms with van der Waals surface area (Å²) in [4.78, 5) is 15.1. The Labute approximate surface area is 129 Å². The van der Waals surface area contributed by atoms with Gasteiger partial charge in [0.2, 0.25) is 5.91 Å². The molecule has 0 spiro atoms. The number of amides is 1. The first-order chi connectivity index (χ1) is 9.25. The molecule has 2 saturated carbocycles. The molecule has 0 bridgehead atoms. The van der Waals surface area contributed by atoms with E-state index in [1.807, 2.05) is 0 Å². The molecule has 4 atom stereocenters. The molecule has 2 N–H and O–H groups in total. The van der Waals surface area contributed by atoms with Crippen molar-refractivity contribution in [3.63, 3.8) is 0 Å². The first-order valence-electron chi connectivity index (χ1n) is 8.32. The number of halogens is 1. The van der Waals surface area contributed by atoms with E-state index in [0.29, 0.717) is 11.9 Å². The third kappa shape index (κ3) is 3.30. The summed E-state index contributed by atoms with van der Waals surface area (Å²) in [6, 6.07) is 0.822. The second-order valence-electron chi connectivity index (χ2n) is 6.91. The summed E-state index contributed by atoms with van der Waals surface area (Å²) in [5.41, 5.74) is 6.05. The Morgan fingerprint density at radius 1 is 0.950 bits per heavy atom. The molecular formula is C16H29ClN2O. The summed E-state index contributed by atoms with van der Waals surface area (Å²) in [5.74, 6) is 1.46. The average Bonchev–Trinajstić information content (AvgIpc) is 2.46. The van der Waals surface area contributed by atoms with E-state index < -0.39 is 0 Å². The number of nitrogens with zero attached hydrogens (tertiary/aromatic N) is 1. The number of rotatable bonds is 1. The van der Waals surface area contributed by atoms with Crippen LogP contribution < -0.4 is 5.73 Å². The minimum Gasteiger partial charge on any atom is -0.339 e. The van der Waals surface area contributed by atoms with Gasteiger partial charge in [-0.05, 0) is 50.9 Å². The summed E-state index contributed by atoms with van der Waals surface area (Å²) in [6.45, 7) is 1.01. The molecule has 20 heavy (non-hydrogen) atoms. The van der Waals surface area contributed by atoms with E-state index >= 15 is 0 Å². The van der Waals surface area contributed by atoms with Crippen molar-refractivity contribution in [2.24, 2.45) is 17.6 Å². The minimum absolute atomic E-state index is 0. The molecule has 4 unspecified atom stereocenters. The van der Waals surface area contributed by atoms with Gasteiger partial charge in [0, 0.05) is 24.5 Å². The summed E-state index contributed by atoms with van der Waals surface area (Å²) in [5, 5.41) is 0. The molecule has 0 aromatic heterocycles. The molecule has 1 aliphatic heterocycles. The first-order valence-corrected chi connectivity index (χ1v) is 8.32. The minimum atomic E-state index is 0. The zero-order valence-corrected chi connectivity index (χ0v) is 13.2. The second kappa shape index (κ2) is 7.13. The predicted molar refractivity (Wildman–Crippen MR) is 83.9 cm³/mol. The smallest absolute Gasteiger partial charge is 0.225 e. The van der Waals surface area contributed by atoms with Gasteiger partial charge in [0.1, 0.15) is 0 Å². The maximum atomic E-state index is 12.8. The van der Waals surface area contributed by atoms with E-state index in [2.05, 4.69) is 4.90 Å². The number of piperidine rings is 1. The highest BCUT2D eigenvalue weighted by Gasteiger charge is 2.38. The molecule has 1 amide bonds. The lowest BCUT2D eigenvalue weighted by atomic mass is 9.77. The van der Waals surface area contributed by atoms with Gasteiger partial charge in [-0.3, -0.25) is 4.79 Å². The van der Waals surface area contributed by atoms with Crippen LogP contribution in [0.2, 0.25) is 0 Å². The normalized spacial score (nSPS) is 37.8. The van der Waals surface area contributed by atoms with Gasteiger partial charge >= 0.3 is 0 Å². The van der Waals surface area contributed by atoms with Crippen LogP contribution in [0.15, 0.2) is 0 Å². The lowest BCUT2D eigenvalue weighted by Gasteiger charge is -2.45. The quantitative estimate of drug-likeness (QED) is 0.809. The van der Waals surface area contributed by atoms with Crippen LogP contribution in [0.5, 0.6) is 0 Å². The maximum Gasteiger partial charge on any atom is 0.225 e. The predicted octanol–water partition coefficient (Wildman–Crippen LogP) is 3.11. The Morgan fingerprint density at radius 3 is 2.50 bits per heavy atom. The summed E-state index contributed by atoms with van der Waals surface area (Å²) < 4.78 is 0. The standard InChI is InChI=1S/C16H28N2O.ClH/c17-14-8-3-6-13(11-14)16(19)18-10-4-7-12-5-1-2-9-15(12)18;/h12-15H,1-11,17H2;1H. The number of carbonyl (C=O) groups is 1. The van der Waals surface area contributed by atoms with Crippen LogP contribution in [-0.4, -0.2) is 29.4 Å². The zero-order chi connectivity index (χ0) is 13.2. The molecule has 116 valence electrons. The Balaban J connectivity index is 0.00000147. The lowest BCUT2D eigenvalue weighted by molar-refractivity contribution is -0.143. The molecular weight excluding hydrogens is 272 g/mol. The highest BCUT2D eigenvalue weighted by atomic mass is 35.5. The highest BCUT2D eigenvalue weighted by molar-refractivity contribution is 5.85. The molecule has 1 heterocycles. The van der Waals surface area contributed by atoms with E-state index in [-0.39, 0.29) is 24.4 Å². The van der Waals surface area contributed by atoms with E-state index in [4.69, 9.17) is 5.73 Å². The summed E-state index contributed by atoms with van der Waals surface area (Å²) >= 11 is 0. The van der Waals surface area contributed by atoms with Crippen LogP contribution in [-0.2, 0) is 4.79 Å². The van der Waals surface area contributed by atoms with Crippen molar-refractivity contribution in [2.45, 2.75) is 76.3 Å². The van der Waals surface area contributed by atoms with Gasteiger partial charge < -0.3 is 10.6 Å². The number of fused-ring (bicyclic) bond motifs is 1. The Morgan fingerprint density at radius 2 is 1.70 bits per heavy atom. The van der Waals surface area contributed by atoms with Crippen LogP contribution in [0.3, 0.4) is 0 Å². The lowest BCUT2D eigenvalue weighted by Crippen LogP contribution is -2.52. The fourth-order valence-corrected chi connectivity index (χ4v) is 4.58. The fraction of sp³-hybridized carbons (Fsp3) is 0.938. The van der Waals surface area contributed by atoms with Crippen molar-refractivity contribution in [3.05, 3.63) is 0 Å². The third-order valence-corrected chi connectivity index (χ3v) is 5.59. The summed E-state index contributed by atoms with van der Waals surface area (Å²) in [6.07, 6.45) is 12.1. The van der Waals surface area contributed by atoms with Gasteiger partial charge in [-0.15, -0.1) is 12.4 Å². The van der Waals surface area contributed by atoms with Crippen LogP contribution in [0.25, 0.3) is 0 Å². The molecule has 1 saturated heterocycles. The van der Waals surface area contributed by atoms with Crippen molar-refractivity contribution < 1.29 is 4.79 Å². The van der Waals surface area contributed by atoms with Crippen LogP contribution in [0.1, 0.15) is 64.2 Å². The second-order valence-corrected chi connectivity index (χ2v) is 6.91. The van der Waals surface area contributed by atoms with Crippen molar-refractivity contribution in [1.82, 2.24) is 4.90 Å². The van der Waals surface area contributed by atoms with E-state index in [0.717, 1.165) is 38.1 Å². The van der Waals surface area contributed by atoms with Gasteiger partial charge in [-0.1, -0.05) is 19.3 Å². The molecule has 3 nitrogen and oxygen atoms in total. The van der Waals surface area contributed by atoms with Gasteiger partial charge in [0.15, 0.2) is 0 Å². The first kappa shape index (κ1) is 16.1. The molecule has 0 radical (unpaired) electrons. The third-order valence-electron chi connectivity index (χ3n) is 5.59. The molecule has 3 aliphatic rings. The SMILES string of the molecule is Cl.NC1CCCC(C(=O)N2CCCC3CCCCC32)C1. The number of hydrogen-bond acceptors (Lipinski definition) is 2. The van der Waals surface area contributed by atoms with E-state index in [1.165, 1.54) is 38.5 Å². The van der Waals surface area contributed by atoms with Crippen LogP contribution >= 0.6 is 12.4 Å². The van der Waals surface area contributed by atoms with Gasteiger partial charge in [-0.2, -0.15) is 0 Å². The fourth-order valence-electron chi connectivity index (χ4n) is 4.58.